The maximum atomic E-state index is 14.9. The van der Waals surface area contributed by atoms with Gasteiger partial charge in [0.1, 0.15) is 30.5 Å². The van der Waals surface area contributed by atoms with E-state index in [0.29, 0.717) is 30.1 Å². The second-order valence-electron chi connectivity index (χ2n) is 6.16. The van der Waals surface area contributed by atoms with Gasteiger partial charge in [0.25, 0.3) is 0 Å². The molecule has 0 aliphatic rings. The molecular formula is C24H19F3O2. The predicted molar refractivity (Wildman–Crippen MR) is 111 cm³/mol. The summed E-state index contributed by atoms with van der Waals surface area (Å²) in [5.41, 5.74) is -0.456. The molecule has 2 nitrogen and oxygen atoms in total. The normalized spacial score (nSPS) is 11.7. The van der Waals surface area contributed by atoms with Gasteiger partial charge < -0.3 is 9.47 Å². The highest BCUT2D eigenvalue weighted by Gasteiger charge is 2.17. The highest BCUT2D eigenvalue weighted by atomic mass is 19.2. The molecule has 0 fully saturated rings. The van der Waals surface area contributed by atoms with E-state index in [1.807, 2.05) is 0 Å². The lowest BCUT2D eigenvalue weighted by Gasteiger charge is -2.09. The molecule has 0 atom stereocenters. The summed E-state index contributed by atoms with van der Waals surface area (Å²) in [7, 11) is 0. The average molecular weight is 396 g/mol. The van der Waals surface area contributed by atoms with Gasteiger partial charge in [-0.1, -0.05) is 31.4 Å². The molecule has 0 radical (unpaired) electrons. The molecule has 3 aromatic rings. The zero-order valence-electron chi connectivity index (χ0n) is 15.6. The van der Waals surface area contributed by atoms with E-state index in [4.69, 9.17) is 9.47 Å². The van der Waals surface area contributed by atoms with Crippen LogP contribution in [-0.2, 0) is 0 Å². The average Bonchev–Trinajstić information content (AvgIpc) is 2.76. The number of ether oxygens (including phenoxy) is 2. The number of halogens is 3. The second-order valence-corrected chi connectivity index (χ2v) is 6.16. The zero-order chi connectivity index (χ0) is 20.8. The van der Waals surface area contributed by atoms with Crippen molar-refractivity contribution in [2.75, 3.05) is 13.2 Å². The van der Waals surface area contributed by atoms with Crippen molar-refractivity contribution < 1.29 is 22.6 Å². The van der Waals surface area contributed by atoms with Crippen LogP contribution in [0.1, 0.15) is 11.1 Å². The Hall–Kier alpha value is -3.47. The highest BCUT2D eigenvalue weighted by molar-refractivity contribution is 5.91. The van der Waals surface area contributed by atoms with E-state index in [2.05, 4.69) is 13.2 Å². The summed E-state index contributed by atoms with van der Waals surface area (Å²) in [5.74, 6) is -2.23. The molecule has 0 amide bonds. The van der Waals surface area contributed by atoms with E-state index in [0.717, 1.165) is 0 Å². The fraction of sp³-hybridized carbons (Fsp3) is 0.0833. The Kier molecular flexibility index (Phi) is 6.39. The Labute approximate surface area is 167 Å². The van der Waals surface area contributed by atoms with Gasteiger partial charge in [-0.3, -0.25) is 0 Å². The smallest absolute Gasteiger partial charge is 0.169 e. The van der Waals surface area contributed by atoms with E-state index in [1.165, 1.54) is 42.5 Å². The summed E-state index contributed by atoms with van der Waals surface area (Å²) in [5, 5.41) is 0.689. The molecule has 0 saturated heterocycles. The molecule has 0 aliphatic carbocycles. The number of rotatable bonds is 8. The third-order valence-corrected chi connectivity index (χ3v) is 4.20. The van der Waals surface area contributed by atoms with Crippen LogP contribution < -0.4 is 9.47 Å². The summed E-state index contributed by atoms with van der Waals surface area (Å²) in [6.07, 6.45) is 3.17. The second kappa shape index (κ2) is 9.15. The Morgan fingerprint density at radius 1 is 0.793 bits per heavy atom. The first kappa shape index (κ1) is 20.3. The van der Waals surface area contributed by atoms with Gasteiger partial charge in [0, 0.05) is 16.5 Å². The van der Waals surface area contributed by atoms with Crippen molar-refractivity contribution in [2.45, 2.75) is 0 Å². The SMILES string of the molecule is C=CCOc1ccc(C(F)=C(F)c2ccc3cc(OCC=C)ccc3c2F)cc1. The largest absolute Gasteiger partial charge is 0.490 e. The van der Waals surface area contributed by atoms with E-state index in [-0.39, 0.29) is 10.9 Å². The van der Waals surface area contributed by atoms with E-state index < -0.39 is 23.0 Å². The summed E-state index contributed by atoms with van der Waals surface area (Å²) in [6.45, 7) is 7.71. The van der Waals surface area contributed by atoms with Gasteiger partial charge >= 0.3 is 0 Å². The topological polar surface area (TPSA) is 18.5 Å². The molecule has 0 N–H and O–H groups in total. The summed E-state index contributed by atoms with van der Waals surface area (Å²) >= 11 is 0. The van der Waals surface area contributed by atoms with Crippen LogP contribution in [0.15, 0.2) is 79.9 Å². The quantitative estimate of drug-likeness (QED) is 0.305. The van der Waals surface area contributed by atoms with Crippen molar-refractivity contribution in [3.8, 4) is 11.5 Å². The lowest BCUT2D eigenvalue weighted by atomic mass is 10.0. The first-order valence-corrected chi connectivity index (χ1v) is 8.91. The fourth-order valence-corrected chi connectivity index (χ4v) is 2.78. The maximum absolute atomic E-state index is 14.9. The molecule has 0 aliphatic heterocycles. The van der Waals surface area contributed by atoms with Crippen LogP contribution >= 0.6 is 0 Å². The Bertz CT molecular complexity index is 1070. The molecule has 5 heteroatoms. The molecule has 0 heterocycles. The van der Waals surface area contributed by atoms with E-state index >= 15 is 0 Å². The summed E-state index contributed by atoms with van der Waals surface area (Å²) < 4.78 is 54.9. The minimum absolute atomic E-state index is 0.0128. The number of fused-ring (bicyclic) bond motifs is 1. The van der Waals surface area contributed by atoms with Gasteiger partial charge in [0.15, 0.2) is 11.7 Å². The van der Waals surface area contributed by atoms with E-state index in [9.17, 15) is 13.2 Å². The van der Waals surface area contributed by atoms with Gasteiger partial charge in [-0.05, 0) is 53.9 Å². The van der Waals surface area contributed by atoms with Crippen LogP contribution in [0.5, 0.6) is 11.5 Å². The van der Waals surface area contributed by atoms with Crippen molar-refractivity contribution in [2.24, 2.45) is 0 Å². The van der Waals surface area contributed by atoms with E-state index in [1.54, 1.807) is 24.3 Å². The van der Waals surface area contributed by atoms with Crippen LogP contribution in [0.2, 0.25) is 0 Å². The zero-order valence-corrected chi connectivity index (χ0v) is 15.6. The van der Waals surface area contributed by atoms with Crippen LogP contribution in [-0.4, -0.2) is 13.2 Å². The highest BCUT2D eigenvalue weighted by Crippen LogP contribution is 2.34. The number of benzene rings is 3. The monoisotopic (exact) mass is 396 g/mol. The van der Waals surface area contributed by atoms with Gasteiger partial charge in [-0.15, -0.1) is 0 Å². The van der Waals surface area contributed by atoms with Crippen LogP contribution in [0.25, 0.3) is 22.4 Å². The minimum Gasteiger partial charge on any atom is -0.490 e. The molecule has 0 saturated carbocycles. The Balaban J connectivity index is 1.94. The Morgan fingerprint density at radius 3 is 2.07 bits per heavy atom. The number of hydrogen-bond acceptors (Lipinski definition) is 2. The van der Waals surface area contributed by atoms with Gasteiger partial charge in [-0.25, -0.2) is 13.2 Å². The van der Waals surface area contributed by atoms with Gasteiger partial charge in [-0.2, -0.15) is 0 Å². The molecule has 3 aromatic carbocycles. The van der Waals surface area contributed by atoms with Crippen molar-refractivity contribution in [1.29, 1.82) is 0 Å². The molecule has 0 bridgehead atoms. The van der Waals surface area contributed by atoms with Crippen LogP contribution in [0.3, 0.4) is 0 Å². The fourth-order valence-electron chi connectivity index (χ4n) is 2.78. The Morgan fingerprint density at radius 2 is 1.41 bits per heavy atom. The maximum Gasteiger partial charge on any atom is 0.169 e. The minimum atomic E-state index is -1.27. The van der Waals surface area contributed by atoms with Crippen molar-refractivity contribution in [3.05, 3.63) is 96.9 Å². The molecule has 0 unspecified atom stereocenters. The van der Waals surface area contributed by atoms with Gasteiger partial charge in [0.05, 0.1) is 0 Å². The molecule has 148 valence electrons. The first-order chi connectivity index (χ1) is 14.0. The molecule has 0 aromatic heterocycles. The summed E-state index contributed by atoms with van der Waals surface area (Å²) in [4.78, 5) is 0. The van der Waals surface area contributed by atoms with Crippen LogP contribution in [0, 0.1) is 5.82 Å². The molecule has 0 spiro atoms. The lowest BCUT2D eigenvalue weighted by molar-refractivity contribution is 0.363. The lowest BCUT2D eigenvalue weighted by Crippen LogP contribution is -1.95. The molecule has 3 rings (SSSR count). The third-order valence-electron chi connectivity index (χ3n) is 4.20. The number of hydrogen-bond donors (Lipinski definition) is 0. The third kappa shape index (κ3) is 4.51. The molecular weight excluding hydrogens is 377 g/mol. The first-order valence-electron chi connectivity index (χ1n) is 8.91. The van der Waals surface area contributed by atoms with Crippen molar-refractivity contribution >= 4 is 22.4 Å². The molecule has 29 heavy (non-hydrogen) atoms. The van der Waals surface area contributed by atoms with Gasteiger partial charge in [0.2, 0.25) is 0 Å². The standard InChI is InChI=1S/C24H19F3O2/c1-3-13-28-18-8-5-16(6-9-18)22(25)24(27)21-11-7-17-15-19(29-14-4-2)10-12-20(17)23(21)26/h3-12,15H,1-2,13-14H2. The van der Waals surface area contributed by atoms with Crippen LogP contribution in [0.4, 0.5) is 13.2 Å². The van der Waals surface area contributed by atoms with Crippen molar-refractivity contribution in [3.63, 3.8) is 0 Å². The predicted octanol–water partition coefficient (Wildman–Crippen LogP) is 6.87. The summed E-state index contributed by atoms with van der Waals surface area (Å²) in [6, 6.07) is 13.2. The van der Waals surface area contributed by atoms with Crippen molar-refractivity contribution in [1.82, 2.24) is 0 Å².